The number of hydrogen-bond acceptors (Lipinski definition) is 3. The highest BCUT2D eigenvalue weighted by atomic mass is 35.5. The molecule has 0 unspecified atom stereocenters. The van der Waals surface area contributed by atoms with Crippen molar-refractivity contribution in [3.8, 4) is 5.82 Å². The van der Waals surface area contributed by atoms with Crippen LogP contribution in [0.3, 0.4) is 0 Å². The number of nitrogens with one attached hydrogen (secondary N) is 1. The Labute approximate surface area is 130 Å². The average Bonchev–Trinajstić information content (AvgIpc) is 3.15. The number of nitrogens with zero attached hydrogens (tertiary/aromatic N) is 3. The minimum absolute atomic E-state index is 0.00128. The lowest BCUT2D eigenvalue weighted by molar-refractivity contribution is 0.563. The summed E-state index contributed by atoms with van der Waals surface area (Å²) in [5, 5.41) is 8.43. The zero-order valence-electron chi connectivity index (χ0n) is 12.7. The smallest absolute Gasteiger partial charge is 0.153 e. The third kappa shape index (κ3) is 3.63. The SMILES string of the molecule is CC(C)(C)c1cc(CNC2CC2)cc(-n2cc(Cl)cn2)n1. The van der Waals surface area contributed by atoms with Crippen LogP contribution in [-0.4, -0.2) is 20.8 Å². The van der Waals surface area contributed by atoms with Gasteiger partial charge in [0.25, 0.3) is 0 Å². The molecule has 5 heteroatoms. The second-order valence-corrected chi connectivity index (χ2v) is 7.16. The Morgan fingerprint density at radius 2 is 2.10 bits per heavy atom. The molecular weight excluding hydrogens is 284 g/mol. The Bertz CT molecular complexity index is 638. The molecule has 2 aromatic heterocycles. The summed E-state index contributed by atoms with van der Waals surface area (Å²) in [5.41, 5.74) is 2.31. The monoisotopic (exact) mass is 304 g/mol. The van der Waals surface area contributed by atoms with E-state index in [9.17, 15) is 0 Å². The number of pyridine rings is 1. The molecule has 1 fully saturated rings. The molecule has 3 rings (SSSR count). The van der Waals surface area contributed by atoms with Crippen molar-refractivity contribution in [1.82, 2.24) is 20.1 Å². The van der Waals surface area contributed by atoms with E-state index in [1.165, 1.54) is 18.4 Å². The summed E-state index contributed by atoms with van der Waals surface area (Å²) >= 11 is 5.97. The van der Waals surface area contributed by atoms with E-state index in [4.69, 9.17) is 16.6 Å². The van der Waals surface area contributed by atoms with Gasteiger partial charge in [0.1, 0.15) is 0 Å². The van der Waals surface area contributed by atoms with Crippen molar-refractivity contribution in [2.45, 2.75) is 51.6 Å². The standard InChI is InChI=1S/C16H21ClN4/c1-16(2,3)14-6-11(8-18-13-4-5-13)7-15(20-14)21-10-12(17)9-19-21/h6-7,9-10,13,18H,4-5,8H2,1-3H3. The molecule has 0 saturated heterocycles. The van der Waals surface area contributed by atoms with E-state index in [1.54, 1.807) is 17.1 Å². The predicted octanol–water partition coefficient (Wildman–Crippen LogP) is 3.47. The van der Waals surface area contributed by atoms with Crippen molar-refractivity contribution in [2.75, 3.05) is 0 Å². The van der Waals surface area contributed by atoms with E-state index >= 15 is 0 Å². The molecule has 0 radical (unpaired) electrons. The number of aromatic nitrogens is 3. The molecule has 0 amide bonds. The lowest BCUT2D eigenvalue weighted by Gasteiger charge is -2.20. The molecule has 0 aromatic carbocycles. The van der Waals surface area contributed by atoms with Crippen molar-refractivity contribution >= 4 is 11.6 Å². The highest BCUT2D eigenvalue weighted by Gasteiger charge is 2.21. The zero-order valence-corrected chi connectivity index (χ0v) is 13.5. The molecule has 112 valence electrons. The minimum Gasteiger partial charge on any atom is -0.310 e. The summed E-state index contributed by atoms with van der Waals surface area (Å²) < 4.78 is 1.73. The van der Waals surface area contributed by atoms with Crippen LogP contribution < -0.4 is 5.32 Å². The molecule has 0 atom stereocenters. The first kappa shape index (κ1) is 14.5. The second-order valence-electron chi connectivity index (χ2n) is 6.73. The van der Waals surface area contributed by atoms with E-state index < -0.39 is 0 Å². The normalized spacial score (nSPS) is 15.4. The zero-order chi connectivity index (χ0) is 15.0. The van der Waals surface area contributed by atoms with Crippen LogP contribution in [0.5, 0.6) is 0 Å². The molecule has 2 aromatic rings. The van der Waals surface area contributed by atoms with Crippen molar-refractivity contribution in [1.29, 1.82) is 0 Å². The van der Waals surface area contributed by atoms with Crippen LogP contribution in [-0.2, 0) is 12.0 Å². The Hall–Kier alpha value is -1.39. The van der Waals surface area contributed by atoms with E-state index in [-0.39, 0.29) is 5.41 Å². The predicted molar refractivity (Wildman–Crippen MR) is 84.9 cm³/mol. The molecule has 1 N–H and O–H groups in total. The van der Waals surface area contributed by atoms with Crippen molar-refractivity contribution in [2.24, 2.45) is 0 Å². The van der Waals surface area contributed by atoms with Gasteiger partial charge in [0.05, 0.1) is 17.4 Å². The molecular formula is C16H21ClN4. The minimum atomic E-state index is 0.00128. The average molecular weight is 305 g/mol. The van der Waals surface area contributed by atoms with Crippen molar-refractivity contribution < 1.29 is 0 Å². The largest absolute Gasteiger partial charge is 0.310 e. The third-order valence-electron chi connectivity index (χ3n) is 3.60. The van der Waals surface area contributed by atoms with Gasteiger partial charge in [0.2, 0.25) is 0 Å². The summed E-state index contributed by atoms with van der Waals surface area (Å²) in [6.07, 6.45) is 6.00. The lowest BCUT2D eigenvalue weighted by atomic mass is 9.90. The summed E-state index contributed by atoms with van der Waals surface area (Å²) in [6, 6.07) is 4.96. The van der Waals surface area contributed by atoms with Crippen molar-refractivity contribution in [3.63, 3.8) is 0 Å². The van der Waals surface area contributed by atoms with Gasteiger partial charge in [-0.1, -0.05) is 32.4 Å². The fourth-order valence-corrected chi connectivity index (χ4v) is 2.29. The van der Waals surface area contributed by atoms with Crippen LogP contribution in [0, 0.1) is 0 Å². The Balaban J connectivity index is 1.95. The molecule has 0 spiro atoms. The van der Waals surface area contributed by atoms with E-state index in [2.05, 4.69) is 43.3 Å². The molecule has 0 aliphatic heterocycles. The summed E-state index contributed by atoms with van der Waals surface area (Å²) in [4.78, 5) is 4.75. The molecule has 2 heterocycles. The van der Waals surface area contributed by atoms with E-state index in [0.717, 1.165) is 18.1 Å². The summed E-state index contributed by atoms with van der Waals surface area (Å²) in [5.74, 6) is 0.821. The first-order valence-corrected chi connectivity index (χ1v) is 7.75. The van der Waals surface area contributed by atoms with Crippen LogP contribution in [0.4, 0.5) is 0 Å². The Morgan fingerprint density at radius 1 is 1.33 bits per heavy atom. The number of rotatable bonds is 4. The van der Waals surface area contributed by atoms with Crippen LogP contribution in [0.15, 0.2) is 24.5 Å². The molecule has 1 aliphatic rings. The highest BCUT2D eigenvalue weighted by molar-refractivity contribution is 6.30. The van der Waals surface area contributed by atoms with Gasteiger partial charge in [-0.05, 0) is 30.5 Å². The Morgan fingerprint density at radius 3 is 2.67 bits per heavy atom. The fourth-order valence-electron chi connectivity index (χ4n) is 2.15. The maximum absolute atomic E-state index is 5.97. The van der Waals surface area contributed by atoms with Gasteiger partial charge < -0.3 is 5.32 Å². The van der Waals surface area contributed by atoms with E-state index in [0.29, 0.717) is 11.1 Å². The van der Waals surface area contributed by atoms with Crippen molar-refractivity contribution in [3.05, 3.63) is 40.8 Å². The molecule has 1 saturated carbocycles. The van der Waals surface area contributed by atoms with Gasteiger partial charge in [-0.3, -0.25) is 0 Å². The third-order valence-corrected chi connectivity index (χ3v) is 3.79. The second kappa shape index (κ2) is 5.43. The number of halogens is 1. The maximum Gasteiger partial charge on any atom is 0.153 e. The molecule has 21 heavy (non-hydrogen) atoms. The lowest BCUT2D eigenvalue weighted by Crippen LogP contribution is -2.19. The first-order valence-electron chi connectivity index (χ1n) is 7.37. The maximum atomic E-state index is 5.97. The van der Waals surface area contributed by atoms with Gasteiger partial charge in [-0.25, -0.2) is 9.67 Å². The van der Waals surface area contributed by atoms with Crippen LogP contribution in [0.1, 0.15) is 44.9 Å². The topological polar surface area (TPSA) is 42.7 Å². The fraction of sp³-hybridized carbons (Fsp3) is 0.500. The van der Waals surface area contributed by atoms with Crippen LogP contribution >= 0.6 is 11.6 Å². The van der Waals surface area contributed by atoms with Gasteiger partial charge in [-0.2, -0.15) is 5.10 Å². The van der Waals surface area contributed by atoms with Crippen LogP contribution in [0.25, 0.3) is 5.82 Å². The van der Waals surface area contributed by atoms with Crippen LogP contribution in [0.2, 0.25) is 5.02 Å². The Kier molecular flexibility index (Phi) is 3.76. The number of hydrogen-bond donors (Lipinski definition) is 1. The molecule has 0 bridgehead atoms. The molecule has 1 aliphatic carbocycles. The highest BCUT2D eigenvalue weighted by Crippen LogP contribution is 2.24. The van der Waals surface area contributed by atoms with Gasteiger partial charge in [-0.15, -0.1) is 0 Å². The first-order chi connectivity index (χ1) is 9.91. The molecule has 4 nitrogen and oxygen atoms in total. The van der Waals surface area contributed by atoms with E-state index in [1.807, 2.05) is 0 Å². The van der Waals surface area contributed by atoms with Gasteiger partial charge >= 0.3 is 0 Å². The summed E-state index contributed by atoms with van der Waals surface area (Å²) in [6.45, 7) is 7.39. The summed E-state index contributed by atoms with van der Waals surface area (Å²) in [7, 11) is 0. The quantitative estimate of drug-likeness (QED) is 0.940. The van der Waals surface area contributed by atoms with Gasteiger partial charge in [0.15, 0.2) is 5.82 Å². The van der Waals surface area contributed by atoms with Gasteiger partial charge in [0, 0.05) is 23.7 Å².